The van der Waals surface area contributed by atoms with Crippen molar-refractivity contribution in [2.24, 2.45) is 0 Å². The van der Waals surface area contributed by atoms with Crippen LogP contribution in [0.2, 0.25) is 0 Å². The Bertz CT molecular complexity index is 1810. The van der Waals surface area contributed by atoms with Gasteiger partial charge in [-0.15, -0.1) is 0 Å². The summed E-state index contributed by atoms with van der Waals surface area (Å²) in [5.41, 5.74) is -0.464. The molecule has 0 saturated carbocycles. The van der Waals surface area contributed by atoms with Crippen molar-refractivity contribution in [3.63, 3.8) is 0 Å². The van der Waals surface area contributed by atoms with E-state index in [1.54, 1.807) is 90.4 Å². The number of ketones is 1. The quantitative estimate of drug-likeness (QED) is 0.0532. The SMILES string of the molecule is CNCC(=O)N(CC(=O)c1c(I)c(NC(=O)CO)c(I)c(C(=O)NCC(O)CO)c1I)c1c(I)c(C(=O)N(CCO)CCO)c(I)c(C(=O)N(CCO)CCO)c1I. The lowest BCUT2D eigenvalue weighted by Gasteiger charge is -2.31. The van der Waals surface area contributed by atoms with Gasteiger partial charge in [-0.25, -0.2) is 0 Å². The minimum absolute atomic E-state index is 0.00937. The number of Topliss-reactive ketones (excluding diaryl/α,β-unsaturated/α-hetero) is 1. The van der Waals surface area contributed by atoms with Gasteiger partial charge in [-0.3, -0.25) is 28.8 Å². The molecule has 0 aliphatic rings. The first-order valence-corrected chi connectivity index (χ1v) is 23.3. The van der Waals surface area contributed by atoms with Gasteiger partial charge in [0.25, 0.3) is 17.7 Å². The van der Waals surface area contributed by atoms with Gasteiger partial charge in [-0.05, 0) is 143 Å². The molecule has 58 heavy (non-hydrogen) atoms. The average molecular weight is 1490 g/mol. The molecule has 322 valence electrons. The Balaban J connectivity index is 3.10. The monoisotopic (exact) mass is 1490 g/mol. The number of likely N-dealkylation sites (N-methyl/N-ethyl adjacent to an activating group) is 1. The summed E-state index contributed by atoms with van der Waals surface area (Å²) in [6, 6.07) is 0. The molecule has 0 aliphatic heterocycles. The van der Waals surface area contributed by atoms with E-state index in [0.717, 1.165) is 14.7 Å². The Morgan fingerprint density at radius 1 is 0.638 bits per heavy atom. The van der Waals surface area contributed by atoms with Gasteiger partial charge in [0.15, 0.2) is 5.78 Å². The van der Waals surface area contributed by atoms with Crippen molar-refractivity contribution in [2.45, 2.75) is 6.10 Å². The van der Waals surface area contributed by atoms with Crippen molar-refractivity contribution >= 4 is 182 Å². The van der Waals surface area contributed by atoms with Crippen LogP contribution in [0.15, 0.2) is 0 Å². The molecule has 0 saturated heterocycles. The van der Waals surface area contributed by atoms with E-state index in [4.69, 9.17) is 0 Å². The smallest absolute Gasteiger partial charge is 0.256 e. The molecule has 2 aromatic rings. The number of halogens is 6. The zero-order chi connectivity index (χ0) is 44.0. The number of nitrogens with one attached hydrogen (secondary N) is 3. The summed E-state index contributed by atoms with van der Waals surface area (Å²) in [5, 5.41) is 75.4. The molecule has 0 fully saturated rings. The van der Waals surface area contributed by atoms with E-state index in [-0.39, 0.29) is 94.3 Å². The number of amides is 5. The van der Waals surface area contributed by atoms with Crippen LogP contribution in [0.3, 0.4) is 0 Å². The number of carbonyl (C=O) groups is 6. The van der Waals surface area contributed by atoms with E-state index in [9.17, 15) is 64.5 Å². The topological polar surface area (TPSA) is 290 Å². The van der Waals surface area contributed by atoms with Crippen LogP contribution in [-0.2, 0) is 9.59 Å². The molecule has 10 N–H and O–H groups in total. The van der Waals surface area contributed by atoms with E-state index >= 15 is 0 Å². The molecule has 5 amide bonds. The lowest BCUT2D eigenvalue weighted by Crippen LogP contribution is -2.44. The molecular formula is C33H40I6N6O13. The molecule has 0 aromatic heterocycles. The van der Waals surface area contributed by atoms with Gasteiger partial charge in [-0.1, -0.05) is 0 Å². The van der Waals surface area contributed by atoms with E-state index in [1.165, 1.54) is 7.05 Å². The summed E-state index contributed by atoms with van der Waals surface area (Å²) in [6.07, 6.45) is -1.31. The van der Waals surface area contributed by atoms with Gasteiger partial charge in [0.1, 0.15) is 6.61 Å². The number of rotatable bonds is 22. The highest BCUT2D eigenvalue weighted by atomic mass is 127. The number of aliphatic hydroxyl groups excluding tert-OH is 7. The first-order chi connectivity index (χ1) is 27.4. The number of nitrogens with zero attached hydrogens (tertiary/aromatic N) is 3. The Labute approximate surface area is 414 Å². The highest BCUT2D eigenvalue weighted by molar-refractivity contribution is 14.1. The van der Waals surface area contributed by atoms with Gasteiger partial charge in [0, 0.05) is 49.0 Å². The Morgan fingerprint density at radius 2 is 1.09 bits per heavy atom. The molecular weight excluding hydrogens is 1450 g/mol. The van der Waals surface area contributed by atoms with E-state index in [2.05, 4.69) is 16.0 Å². The van der Waals surface area contributed by atoms with Crippen molar-refractivity contribution in [3.05, 3.63) is 43.7 Å². The fourth-order valence-corrected chi connectivity index (χ4v) is 14.4. The minimum Gasteiger partial charge on any atom is -0.395 e. The summed E-state index contributed by atoms with van der Waals surface area (Å²) in [5.74, 6) is -4.56. The maximum Gasteiger partial charge on any atom is 0.256 e. The minimum atomic E-state index is -1.31. The number of carbonyl (C=O) groups excluding carboxylic acids is 6. The molecule has 0 bridgehead atoms. The predicted molar refractivity (Wildman–Crippen MR) is 261 cm³/mol. The maximum atomic E-state index is 14.7. The van der Waals surface area contributed by atoms with Crippen LogP contribution < -0.4 is 20.9 Å². The Kier molecular flexibility index (Phi) is 24.3. The van der Waals surface area contributed by atoms with Gasteiger partial charge < -0.3 is 66.4 Å². The lowest BCUT2D eigenvalue weighted by molar-refractivity contribution is -0.119. The van der Waals surface area contributed by atoms with Crippen LogP contribution >= 0.6 is 136 Å². The zero-order valence-electron chi connectivity index (χ0n) is 30.5. The summed E-state index contributed by atoms with van der Waals surface area (Å²) in [6.45, 7) is -5.76. The number of hydrogen-bond donors (Lipinski definition) is 10. The fourth-order valence-electron chi connectivity index (χ4n) is 5.21. The second-order valence-corrected chi connectivity index (χ2v) is 18.2. The van der Waals surface area contributed by atoms with E-state index in [0.29, 0.717) is 0 Å². The van der Waals surface area contributed by atoms with Crippen LogP contribution in [0.1, 0.15) is 41.4 Å². The molecule has 1 atom stereocenters. The van der Waals surface area contributed by atoms with E-state index < -0.39 is 87.6 Å². The summed E-state index contributed by atoms with van der Waals surface area (Å²) < 4.78 is 0.744. The van der Waals surface area contributed by atoms with Crippen LogP contribution in [-0.4, -0.2) is 179 Å². The fraction of sp³-hybridized carbons (Fsp3) is 0.455. The molecule has 0 heterocycles. The number of benzene rings is 2. The Hall–Kier alpha value is -0.480. The van der Waals surface area contributed by atoms with Crippen LogP contribution in [0.5, 0.6) is 0 Å². The van der Waals surface area contributed by atoms with Gasteiger partial charge in [0.2, 0.25) is 11.8 Å². The molecule has 19 nitrogen and oxygen atoms in total. The second kappa shape index (κ2) is 26.2. The van der Waals surface area contributed by atoms with Gasteiger partial charge >= 0.3 is 0 Å². The van der Waals surface area contributed by atoms with Crippen molar-refractivity contribution < 1.29 is 64.5 Å². The molecule has 2 rings (SSSR count). The molecule has 25 heteroatoms. The number of aliphatic hydroxyl groups is 7. The third kappa shape index (κ3) is 13.3. The van der Waals surface area contributed by atoms with Crippen molar-refractivity contribution in [1.82, 2.24) is 20.4 Å². The summed E-state index contributed by atoms with van der Waals surface area (Å²) in [4.78, 5) is 86.7. The Morgan fingerprint density at radius 3 is 1.50 bits per heavy atom. The third-order valence-corrected chi connectivity index (χ3v) is 14.3. The maximum absolute atomic E-state index is 14.7. The first kappa shape index (κ1) is 53.7. The molecule has 0 radical (unpaired) electrons. The van der Waals surface area contributed by atoms with Gasteiger partial charge in [0.05, 0.1) is 91.0 Å². The number of hydrogen-bond acceptors (Lipinski definition) is 14. The summed E-state index contributed by atoms with van der Waals surface area (Å²) >= 11 is 10.8. The van der Waals surface area contributed by atoms with E-state index in [1.807, 2.05) is 45.2 Å². The third-order valence-electron chi connectivity index (χ3n) is 7.92. The molecule has 1 unspecified atom stereocenters. The summed E-state index contributed by atoms with van der Waals surface area (Å²) in [7, 11) is 1.48. The largest absolute Gasteiger partial charge is 0.395 e. The predicted octanol–water partition coefficient (Wildman–Crippen LogP) is -0.383. The highest BCUT2D eigenvalue weighted by Crippen LogP contribution is 2.41. The van der Waals surface area contributed by atoms with Crippen molar-refractivity contribution in [3.8, 4) is 0 Å². The normalized spacial score (nSPS) is 11.6. The lowest BCUT2D eigenvalue weighted by atomic mass is 10.0. The average Bonchev–Trinajstić information content (AvgIpc) is 3.17. The van der Waals surface area contributed by atoms with Crippen molar-refractivity contribution in [1.29, 1.82) is 0 Å². The van der Waals surface area contributed by atoms with Crippen molar-refractivity contribution in [2.75, 3.05) is 103 Å². The molecule has 2 aromatic carbocycles. The van der Waals surface area contributed by atoms with Crippen LogP contribution in [0, 0.1) is 21.4 Å². The highest BCUT2D eigenvalue weighted by Gasteiger charge is 2.37. The molecule has 0 aliphatic carbocycles. The number of anilines is 2. The molecule has 0 spiro atoms. The van der Waals surface area contributed by atoms with Crippen LogP contribution in [0.4, 0.5) is 11.4 Å². The van der Waals surface area contributed by atoms with Gasteiger partial charge in [-0.2, -0.15) is 0 Å². The zero-order valence-corrected chi connectivity index (χ0v) is 43.4. The first-order valence-electron chi connectivity index (χ1n) is 16.8. The standard InChI is InChI=1S/C33H40I6N6O13/c1-40-11-18(55)45(12-16(53)19-23(34)20(31(56)41-10-15(52)13-50)26(37)29(25(19)36)42-17(54)14-51)30-27(38)21(32(57)43(2-6-46)3-7-47)24(35)22(28(30)39)33(58)44(4-8-48)5-9-49/h15,40,46-52H,2-14H2,1H3,(H,41,56)(H,42,54). The second-order valence-electron chi connectivity index (χ2n) is 11.8. The van der Waals surface area contributed by atoms with Crippen LogP contribution in [0.25, 0.3) is 0 Å².